The summed E-state index contributed by atoms with van der Waals surface area (Å²) in [6, 6.07) is 4.56. The summed E-state index contributed by atoms with van der Waals surface area (Å²) in [4.78, 5) is 0. The Morgan fingerprint density at radius 3 is 2.69 bits per heavy atom. The Bertz CT molecular complexity index is 369. The van der Waals surface area contributed by atoms with Gasteiger partial charge in [0, 0.05) is 12.1 Å². The van der Waals surface area contributed by atoms with Gasteiger partial charge in [0.05, 0.1) is 0 Å². The summed E-state index contributed by atoms with van der Waals surface area (Å²) in [7, 11) is 0. The van der Waals surface area contributed by atoms with Gasteiger partial charge in [0.15, 0.2) is 11.6 Å². The Morgan fingerprint density at radius 2 is 2.19 bits per heavy atom. The van der Waals surface area contributed by atoms with Crippen molar-refractivity contribution in [3.63, 3.8) is 0 Å². The number of hydrogen-bond donors (Lipinski definition) is 2. The van der Waals surface area contributed by atoms with Crippen LogP contribution in [0.25, 0.3) is 0 Å². The first kappa shape index (κ1) is 11.4. The zero-order chi connectivity index (χ0) is 11.6. The van der Waals surface area contributed by atoms with Crippen LogP contribution in [0, 0.1) is 5.82 Å². The molecule has 3 heteroatoms. The van der Waals surface area contributed by atoms with E-state index in [4.69, 9.17) is 5.11 Å². The molecule has 1 aromatic carbocycles. The van der Waals surface area contributed by atoms with Gasteiger partial charge in [0.2, 0.25) is 0 Å². The van der Waals surface area contributed by atoms with E-state index in [1.165, 1.54) is 31.4 Å². The van der Waals surface area contributed by atoms with Crippen molar-refractivity contribution in [2.24, 2.45) is 0 Å². The molecule has 0 unspecified atom stereocenters. The number of hydrogen-bond acceptors (Lipinski definition) is 2. The predicted molar refractivity (Wildman–Crippen MR) is 61.8 cm³/mol. The largest absolute Gasteiger partial charge is 0.505 e. The van der Waals surface area contributed by atoms with Gasteiger partial charge in [-0.15, -0.1) is 0 Å². The van der Waals surface area contributed by atoms with Crippen LogP contribution in [0.1, 0.15) is 38.2 Å². The van der Waals surface area contributed by atoms with Crippen LogP contribution in [0.4, 0.5) is 4.39 Å². The lowest BCUT2D eigenvalue weighted by molar-refractivity contribution is 0.175. The van der Waals surface area contributed by atoms with E-state index in [1.807, 2.05) is 0 Å². The van der Waals surface area contributed by atoms with Crippen molar-refractivity contribution in [2.75, 3.05) is 0 Å². The molecule has 0 spiro atoms. The quantitative estimate of drug-likeness (QED) is 0.822. The molecular formula is C13H18FNO. The maximum Gasteiger partial charge on any atom is 0.165 e. The van der Waals surface area contributed by atoms with Gasteiger partial charge in [-0.3, -0.25) is 0 Å². The lowest BCUT2D eigenvalue weighted by Gasteiger charge is -2.42. The molecule has 88 valence electrons. The molecule has 0 atom stereocenters. The highest BCUT2D eigenvalue weighted by Gasteiger charge is 2.34. The highest BCUT2D eigenvalue weighted by Crippen LogP contribution is 2.34. The van der Waals surface area contributed by atoms with Gasteiger partial charge in [-0.1, -0.05) is 13.0 Å². The minimum absolute atomic E-state index is 0.272. The second-order valence-electron chi connectivity index (χ2n) is 4.63. The molecule has 0 amide bonds. The number of rotatable bonds is 4. The standard InChI is InChI=1S/C13H18FNO/c1-2-13(6-3-7-13)15-9-10-4-5-12(16)11(14)8-10/h4-5,8,15-16H,2-3,6-7,9H2,1H3. The zero-order valence-corrected chi connectivity index (χ0v) is 9.59. The molecule has 0 heterocycles. The summed E-state index contributed by atoms with van der Waals surface area (Å²) in [5.41, 5.74) is 1.16. The van der Waals surface area contributed by atoms with Gasteiger partial charge in [-0.05, 0) is 43.4 Å². The van der Waals surface area contributed by atoms with Crippen LogP contribution in [0.2, 0.25) is 0 Å². The number of nitrogens with one attached hydrogen (secondary N) is 1. The van der Waals surface area contributed by atoms with Gasteiger partial charge >= 0.3 is 0 Å². The highest BCUT2D eigenvalue weighted by molar-refractivity contribution is 5.28. The Morgan fingerprint density at radius 1 is 1.44 bits per heavy atom. The Balaban J connectivity index is 1.96. The summed E-state index contributed by atoms with van der Waals surface area (Å²) < 4.78 is 13.1. The molecule has 1 aliphatic carbocycles. The lowest BCUT2D eigenvalue weighted by Crippen LogP contribution is -2.49. The van der Waals surface area contributed by atoms with E-state index in [0.717, 1.165) is 12.0 Å². The predicted octanol–water partition coefficient (Wildman–Crippen LogP) is 2.95. The van der Waals surface area contributed by atoms with E-state index >= 15 is 0 Å². The first-order chi connectivity index (χ1) is 7.65. The lowest BCUT2D eigenvalue weighted by atomic mass is 9.75. The first-order valence-corrected chi connectivity index (χ1v) is 5.88. The van der Waals surface area contributed by atoms with E-state index in [0.29, 0.717) is 6.54 Å². The van der Waals surface area contributed by atoms with Gasteiger partial charge in [-0.2, -0.15) is 0 Å². The summed E-state index contributed by atoms with van der Waals surface area (Å²) >= 11 is 0. The van der Waals surface area contributed by atoms with E-state index in [9.17, 15) is 4.39 Å². The molecule has 1 aliphatic rings. The summed E-state index contributed by atoms with van der Waals surface area (Å²) in [5, 5.41) is 12.6. The number of phenolic OH excluding ortho intramolecular Hbond substituents is 1. The van der Waals surface area contributed by atoms with E-state index in [1.54, 1.807) is 6.07 Å². The Hall–Kier alpha value is -1.09. The average molecular weight is 223 g/mol. The maximum atomic E-state index is 13.1. The van der Waals surface area contributed by atoms with Gasteiger partial charge in [0.25, 0.3) is 0 Å². The van der Waals surface area contributed by atoms with Crippen molar-refractivity contribution in [2.45, 2.75) is 44.7 Å². The fourth-order valence-electron chi connectivity index (χ4n) is 2.21. The molecule has 2 N–H and O–H groups in total. The maximum absolute atomic E-state index is 13.1. The third-order valence-corrected chi connectivity index (χ3v) is 3.67. The van der Waals surface area contributed by atoms with Crippen LogP contribution in [-0.2, 0) is 6.54 Å². The van der Waals surface area contributed by atoms with E-state index in [2.05, 4.69) is 12.2 Å². The molecule has 1 fully saturated rings. The van der Waals surface area contributed by atoms with Gasteiger partial charge < -0.3 is 10.4 Å². The molecular weight excluding hydrogens is 205 g/mol. The highest BCUT2D eigenvalue weighted by atomic mass is 19.1. The van der Waals surface area contributed by atoms with Gasteiger partial charge in [0.1, 0.15) is 0 Å². The van der Waals surface area contributed by atoms with E-state index < -0.39 is 5.82 Å². The number of halogens is 1. The zero-order valence-electron chi connectivity index (χ0n) is 9.59. The van der Waals surface area contributed by atoms with Crippen molar-refractivity contribution >= 4 is 0 Å². The SMILES string of the molecule is CCC1(NCc2ccc(O)c(F)c2)CCC1. The molecule has 0 bridgehead atoms. The molecule has 2 nitrogen and oxygen atoms in total. The van der Waals surface area contributed by atoms with Crippen molar-refractivity contribution in [3.8, 4) is 5.75 Å². The smallest absolute Gasteiger partial charge is 0.165 e. The number of phenols is 1. The molecule has 2 rings (SSSR count). The van der Waals surface area contributed by atoms with Gasteiger partial charge in [-0.25, -0.2) is 4.39 Å². The normalized spacial score (nSPS) is 18.1. The monoisotopic (exact) mass is 223 g/mol. The minimum atomic E-state index is -0.543. The van der Waals surface area contributed by atoms with Crippen molar-refractivity contribution in [1.29, 1.82) is 0 Å². The average Bonchev–Trinajstić information content (AvgIpc) is 2.22. The third-order valence-electron chi connectivity index (χ3n) is 3.67. The van der Waals surface area contributed by atoms with Crippen LogP contribution in [0.5, 0.6) is 5.75 Å². The molecule has 0 radical (unpaired) electrons. The number of aromatic hydroxyl groups is 1. The molecule has 0 saturated heterocycles. The molecule has 0 aromatic heterocycles. The second kappa shape index (κ2) is 4.42. The van der Waals surface area contributed by atoms with Crippen molar-refractivity contribution in [1.82, 2.24) is 5.32 Å². The number of benzene rings is 1. The summed E-state index contributed by atoms with van der Waals surface area (Å²) in [6.07, 6.45) is 4.83. The topological polar surface area (TPSA) is 32.3 Å². The van der Waals surface area contributed by atoms with Crippen LogP contribution >= 0.6 is 0 Å². The second-order valence-corrected chi connectivity index (χ2v) is 4.63. The fraction of sp³-hybridized carbons (Fsp3) is 0.538. The summed E-state index contributed by atoms with van der Waals surface area (Å²) in [5.74, 6) is -0.823. The fourth-order valence-corrected chi connectivity index (χ4v) is 2.21. The Labute approximate surface area is 95.5 Å². The van der Waals surface area contributed by atoms with Crippen molar-refractivity contribution in [3.05, 3.63) is 29.6 Å². The molecule has 1 saturated carbocycles. The molecule has 16 heavy (non-hydrogen) atoms. The minimum Gasteiger partial charge on any atom is -0.505 e. The first-order valence-electron chi connectivity index (χ1n) is 5.88. The molecule has 1 aromatic rings. The van der Waals surface area contributed by atoms with Crippen LogP contribution in [0.3, 0.4) is 0 Å². The molecule has 0 aliphatic heterocycles. The Kier molecular flexibility index (Phi) is 3.15. The van der Waals surface area contributed by atoms with Crippen LogP contribution in [0.15, 0.2) is 18.2 Å². The summed E-state index contributed by atoms with van der Waals surface area (Å²) in [6.45, 7) is 2.86. The van der Waals surface area contributed by atoms with E-state index in [-0.39, 0.29) is 11.3 Å². The van der Waals surface area contributed by atoms with Crippen LogP contribution in [-0.4, -0.2) is 10.6 Å². The van der Waals surface area contributed by atoms with Crippen LogP contribution < -0.4 is 5.32 Å². The van der Waals surface area contributed by atoms with Crippen molar-refractivity contribution < 1.29 is 9.50 Å². The third kappa shape index (κ3) is 2.19.